The zero-order valence-corrected chi connectivity index (χ0v) is 28.2. The first-order chi connectivity index (χ1) is 22.2. The van der Waals surface area contributed by atoms with E-state index in [2.05, 4.69) is 15.0 Å². The summed E-state index contributed by atoms with van der Waals surface area (Å²) in [7, 11) is -0.841. The second kappa shape index (κ2) is 13.7. The summed E-state index contributed by atoms with van der Waals surface area (Å²) in [5.41, 5.74) is 0.0374. The molecule has 2 fully saturated rings. The highest BCUT2D eigenvalue weighted by atomic mass is 32.2. The van der Waals surface area contributed by atoms with Gasteiger partial charge in [-0.2, -0.15) is 0 Å². The third-order valence-electron chi connectivity index (χ3n) is 10.2. The number of carbonyl (C=O) groups is 3. The molecule has 260 valence electrons. The summed E-state index contributed by atoms with van der Waals surface area (Å²) >= 11 is 0. The van der Waals surface area contributed by atoms with E-state index in [9.17, 15) is 27.9 Å². The van der Waals surface area contributed by atoms with Crippen molar-refractivity contribution in [3.05, 3.63) is 47.8 Å². The number of hydrogen-bond donors (Lipinski definition) is 4. The van der Waals surface area contributed by atoms with Crippen LogP contribution in [0.4, 0.5) is 4.79 Å². The van der Waals surface area contributed by atoms with Crippen LogP contribution in [0.25, 0.3) is 0 Å². The van der Waals surface area contributed by atoms with Gasteiger partial charge in [0.2, 0.25) is 10.0 Å². The Morgan fingerprint density at radius 3 is 2.66 bits per heavy atom. The maximum absolute atomic E-state index is 13.5. The van der Waals surface area contributed by atoms with E-state index in [1.54, 1.807) is 25.3 Å². The fourth-order valence-corrected chi connectivity index (χ4v) is 8.37. The SMILES string of the molecule is CNS(=O)(=O)CCNC(=O)O[C@H](C)[C@H]1OC(=O)[C@@H](OC)C[C@H]2C=C[C@H]3[C@H]4O[C@]2(/C(C)=C/[C@H]1C)[C@@H]3[C@H](O)[C@@H](C)[C@H]4OC(=O)c1ccc[nH]1. The smallest absolute Gasteiger partial charge is 0.407 e. The molecular formula is C32H45N3O11S. The van der Waals surface area contributed by atoms with Crippen molar-refractivity contribution in [3.63, 3.8) is 0 Å². The van der Waals surface area contributed by atoms with Crippen molar-refractivity contribution in [2.45, 2.75) is 76.3 Å². The number of ether oxygens (including phenoxy) is 5. The second-order valence-electron chi connectivity index (χ2n) is 12.9. The number of aliphatic hydroxyl groups excluding tert-OH is 1. The average molecular weight is 680 g/mol. The van der Waals surface area contributed by atoms with Crippen molar-refractivity contribution in [1.82, 2.24) is 15.0 Å². The summed E-state index contributed by atoms with van der Waals surface area (Å²) < 4.78 is 55.6. The summed E-state index contributed by atoms with van der Waals surface area (Å²) in [5, 5.41) is 14.3. The third kappa shape index (κ3) is 6.60. The molecule has 0 aromatic carbocycles. The largest absolute Gasteiger partial charge is 0.456 e. The predicted octanol–water partition coefficient (Wildman–Crippen LogP) is 1.68. The standard InChI is InChI=1S/C32H45N3O11S/c1-16-14-17(2)32-20(15-23(42-6)30(38)44-26(16)19(4)43-31(39)35-12-13-47(40,41)33-5)9-10-21-24(32)25(36)18(3)27(28(21)46-32)45-29(37)22-8-7-11-34-22/h7-11,14,16,18-21,23-28,33-34,36H,12-13,15H2,1-6H3,(H,35,39)/b17-14+/t16-,18-,19-,20-,21-,23+,24+,25-,26+,27-,28-,32+/m1/s1. The molecule has 4 N–H and O–H groups in total. The average Bonchev–Trinajstić information content (AvgIpc) is 3.63. The summed E-state index contributed by atoms with van der Waals surface area (Å²) in [6.07, 6.45) is 1.78. The normalized spacial score (nSPS) is 38.3. The van der Waals surface area contributed by atoms with Crippen molar-refractivity contribution >= 4 is 28.1 Å². The Balaban J connectivity index is 1.44. The van der Waals surface area contributed by atoms with Crippen LogP contribution in [0.1, 0.15) is 44.6 Å². The highest BCUT2D eigenvalue weighted by Crippen LogP contribution is 2.61. The van der Waals surface area contributed by atoms with Crippen LogP contribution >= 0.6 is 0 Å². The van der Waals surface area contributed by atoms with Crippen LogP contribution in [0.3, 0.4) is 0 Å². The van der Waals surface area contributed by atoms with E-state index in [1.807, 2.05) is 39.0 Å². The molecule has 5 rings (SSSR count). The first-order valence-electron chi connectivity index (χ1n) is 15.9. The lowest BCUT2D eigenvalue weighted by atomic mass is 9.57. The number of sulfonamides is 1. The van der Waals surface area contributed by atoms with Crippen LogP contribution in [-0.4, -0.2) is 105 Å². The molecule has 0 unspecified atom stereocenters. The minimum Gasteiger partial charge on any atom is -0.456 e. The first kappa shape index (κ1) is 35.1. The number of methoxy groups -OCH3 is 1. The summed E-state index contributed by atoms with van der Waals surface area (Å²) in [4.78, 5) is 42.0. The molecule has 0 radical (unpaired) electrons. The molecule has 4 bridgehead atoms. The maximum atomic E-state index is 13.5. The van der Waals surface area contributed by atoms with Gasteiger partial charge in [0.1, 0.15) is 35.7 Å². The van der Waals surface area contributed by atoms with Crippen LogP contribution in [0.2, 0.25) is 0 Å². The molecule has 4 aliphatic rings. The van der Waals surface area contributed by atoms with Gasteiger partial charge in [0.05, 0.1) is 11.9 Å². The number of aliphatic hydroxyl groups is 1. The van der Waals surface area contributed by atoms with E-state index in [4.69, 9.17) is 23.7 Å². The predicted molar refractivity (Wildman–Crippen MR) is 167 cm³/mol. The number of aromatic nitrogens is 1. The topological polar surface area (TPSA) is 192 Å². The molecule has 1 saturated heterocycles. The Kier molecular flexibility index (Phi) is 10.2. The number of nitrogens with one attached hydrogen (secondary N) is 3. The molecule has 14 nitrogen and oxygen atoms in total. The number of carbonyl (C=O) groups excluding carboxylic acids is 3. The fourth-order valence-electron chi connectivity index (χ4n) is 7.80. The van der Waals surface area contributed by atoms with Crippen molar-refractivity contribution in [1.29, 1.82) is 0 Å². The molecular weight excluding hydrogens is 634 g/mol. The molecule has 12 atom stereocenters. The van der Waals surface area contributed by atoms with Gasteiger partial charge in [0.25, 0.3) is 0 Å². The minimum atomic E-state index is -3.53. The number of rotatable bonds is 9. The van der Waals surface area contributed by atoms with E-state index in [0.717, 1.165) is 5.57 Å². The maximum Gasteiger partial charge on any atom is 0.407 e. The molecule has 1 aromatic heterocycles. The molecule has 2 aliphatic carbocycles. The number of alkyl carbamates (subject to hydrolysis) is 1. The number of H-pyrrole nitrogens is 1. The molecule has 47 heavy (non-hydrogen) atoms. The number of cyclic esters (lactones) is 1. The van der Waals surface area contributed by atoms with Gasteiger partial charge < -0.3 is 39.1 Å². The van der Waals surface area contributed by atoms with Gasteiger partial charge in [0.15, 0.2) is 6.10 Å². The quantitative estimate of drug-likeness (QED) is 0.169. The Bertz CT molecular complexity index is 1490. The lowest BCUT2D eigenvalue weighted by Gasteiger charge is -2.48. The van der Waals surface area contributed by atoms with Gasteiger partial charge in [-0.3, -0.25) is 0 Å². The first-order valence-corrected chi connectivity index (χ1v) is 17.6. The van der Waals surface area contributed by atoms with Gasteiger partial charge >= 0.3 is 18.0 Å². The van der Waals surface area contributed by atoms with Crippen molar-refractivity contribution in [2.75, 3.05) is 26.5 Å². The third-order valence-corrected chi connectivity index (χ3v) is 11.5. The van der Waals surface area contributed by atoms with E-state index < -0.39 is 88.0 Å². The van der Waals surface area contributed by atoms with E-state index in [0.29, 0.717) is 5.69 Å². The zero-order valence-electron chi connectivity index (χ0n) is 27.4. The zero-order chi connectivity index (χ0) is 34.3. The van der Waals surface area contributed by atoms with Gasteiger partial charge in [-0.05, 0) is 45.0 Å². The van der Waals surface area contributed by atoms with E-state index >= 15 is 0 Å². The van der Waals surface area contributed by atoms with Crippen LogP contribution in [-0.2, 0) is 38.5 Å². The number of hydrogen-bond acceptors (Lipinski definition) is 11. The molecule has 3 heterocycles. The highest BCUT2D eigenvalue weighted by Gasteiger charge is 2.69. The minimum absolute atomic E-state index is 0.178. The Morgan fingerprint density at radius 2 is 2.00 bits per heavy atom. The lowest BCUT2D eigenvalue weighted by Crippen LogP contribution is -2.57. The monoisotopic (exact) mass is 679 g/mol. The second-order valence-corrected chi connectivity index (χ2v) is 15.0. The van der Waals surface area contributed by atoms with Gasteiger partial charge in [-0.25, -0.2) is 27.5 Å². The highest BCUT2D eigenvalue weighted by molar-refractivity contribution is 7.89. The van der Waals surface area contributed by atoms with Crippen LogP contribution in [0, 0.1) is 29.6 Å². The van der Waals surface area contributed by atoms with Crippen LogP contribution in [0.5, 0.6) is 0 Å². The Morgan fingerprint density at radius 1 is 1.26 bits per heavy atom. The van der Waals surface area contributed by atoms with Gasteiger partial charge in [0, 0.05) is 49.4 Å². The summed E-state index contributed by atoms with van der Waals surface area (Å²) in [6.45, 7) is 7.00. The van der Waals surface area contributed by atoms with Crippen molar-refractivity contribution < 1.29 is 51.6 Å². The van der Waals surface area contributed by atoms with E-state index in [-0.39, 0.29) is 30.6 Å². The van der Waals surface area contributed by atoms with Gasteiger partial charge in [-0.15, -0.1) is 0 Å². The molecule has 1 spiro atoms. The number of amides is 1. The van der Waals surface area contributed by atoms with Crippen molar-refractivity contribution in [2.24, 2.45) is 29.6 Å². The number of aromatic amines is 1. The summed E-state index contributed by atoms with van der Waals surface area (Å²) in [6, 6.07) is 3.32. The summed E-state index contributed by atoms with van der Waals surface area (Å²) in [5.74, 6) is -3.52. The molecule has 1 aromatic rings. The van der Waals surface area contributed by atoms with Gasteiger partial charge in [-0.1, -0.05) is 32.1 Å². The Hall–Kier alpha value is -3.24. The van der Waals surface area contributed by atoms with Crippen molar-refractivity contribution in [3.8, 4) is 0 Å². The molecule has 2 aliphatic heterocycles. The number of esters is 2. The molecule has 1 saturated carbocycles. The Labute approximate surface area is 274 Å². The fraction of sp³-hybridized carbons (Fsp3) is 0.656. The molecule has 15 heteroatoms. The van der Waals surface area contributed by atoms with E-state index in [1.165, 1.54) is 14.2 Å². The lowest BCUT2D eigenvalue weighted by molar-refractivity contribution is -0.172. The molecule has 1 amide bonds. The van der Waals surface area contributed by atoms with Crippen LogP contribution < -0.4 is 10.0 Å². The van der Waals surface area contributed by atoms with Crippen LogP contribution in [0.15, 0.2) is 42.1 Å².